The maximum Gasteiger partial charge on any atom is 0.307 e. The highest BCUT2D eigenvalue weighted by molar-refractivity contribution is 6.29. The second-order valence-corrected chi connectivity index (χ2v) is 8.98. The lowest BCUT2D eigenvalue weighted by atomic mass is 9.84. The van der Waals surface area contributed by atoms with Gasteiger partial charge in [0, 0.05) is 24.1 Å². The lowest BCUT2D eigenvalue weighted by Crippen LogP contribution is -2.36. The minimum atomic E-state index is -0.296. The number of halogens is 1. The average Bonchev–Trinajstić information content (AvgIpc) is 3.42. The van der Waals surface area contributed by atoms with Gasteiger partial charge in [-0.1, -0.05) is 38.4 Å². The highest BCUT2D eigenvalue weighted by Gasteiger charge is 2.29. The Labute approximate surface area is 191 Å². The van der Waals surface area contributed by atoms with Gasteiger partial charge in [-0.25, -0.2) is 15.0 Å². The van der Waals surface area contributed by atoms with Gasteiger partial charge >= 0.3 is 5.97 Å². The van der Waals surface area contributed by atoms with Crippen molar-refractivity contribution >= 4 is 29.0 Å². The predicted molar refractivity (Wildman–Crippen MR) is 121 cm³/mol. The van der Waals surface area contributed by atoms with Crippen molar-refractivity contribution in [1.82, 2.24) is 19.9 Å². The van der Waals surface area contributed by atoms with E-state index in [0.717, 1.165) is 11.3 Å². The molecule has 4 rings (SSSR count). The monoisotopic (exact) mass is 453 g/mol. The fraction of sp³-hybridized carbons (Fsp3) is 0.348. The van der Waals surface area contributed by atoms with Crippen LogP contribution in [0, 0.1) is 5.41 Å². The number of anilines is 1. The molecule has 0 aromatic carbocycles. The zero-order chi connectivity index (χ0) is 22.9. The van der Waals surface area contributed by atoms with E-state index in [1.165, 1.54) is 13.3 Å². The minimum absolute atomic E-state index is 0.196. The standard InChI is InChI=1S/C23H24ClN5O3/c1-23(2,3)17(11-20(30)31-4)27-19-10-15(16-6-5-9-32-16)26-22(29-19)13-7-8-14-21(13)28-18(24)12-25-14/h5-7,9-10,12,17H,8,11H2,1-4H3,(H,26,27,29)/t17-/m1/s1. The Kier molecular flexibility index (Phi) is 5.97. The van der Waals surface area contributed by atoms with Crippen LogP contribution in [-0.2, 0) is 16.0 Å². The Morgan fingerprint density at radius 1 is 1.31 bits per heavy atom. The molecule has 1 atom stereocenters. The fourth-order valence-corrected chi connectivity index (χ4v) is 3.58. The summed E-state index contributed by atoms with van der Waals surface area (Å²) in [6.45, 7) is 6.16. The molecule has 1 aliphatic carbocycles. The Balaban J connectivity index is 1.76. The number of ether oxygens (including phenoxy) is 1. The van der Waals surface area contributed by atoms with Crippen molar-refractivity contribution in [3.8, 4) is 11.5 Å². The Morgan fingerprint density at radius 2 is 2.12 bits per heavy atom. The van der Waals surface area contributed by atoms with Gasteiger partial charge in [-0.3, -0.25) is 9.78 Å². The van der Waals surface area contributed by atoms with Crippen molar-refractivity contribution in [2.45, 2.75) is 39.7 Å². The van der Waals surface area contributed by atoms with Gasteiger partial charge in [-0.2, -0.15) is 0 Å². The third kappa shape index (κ3) is 4.65. The molecular formula is C23H24ClN5O3. The second kappa shape index (κ2) is 8.70. The van der Waals surface area contributed by atoms with E-state index in [9.17, 15) is 4.79 Å². The Hall–Kier alpha value is -3.26. The van der Waals surface area contributed by atoms with Gasteiger partial charge in [-0.15, -0.1) is 0 Å². The van der Waals surface area contributed by atoms with E-state index in [4.69, 9.17) is 30.7 Å². The number of furan rings is 1. The number of esters is 1. The number of nitrogens with zero attached hydrogens (tertiary/aromatic N) is 4. The number of fused-ring (bicyclic) bond motifs is 1. The Bertz CT molecular complexity index is 1170. The van der Waals surface area contributed by atoms with Gasteiger partial charge in [0.15, 0.2) is 11.6 Å². The van der Waals surface area contributed by atoms with E-state index >= 15 is 0 Å². The van der Waals surface area contributed by atoms with Crippen molar-refractivity contribution in [2.24, 2.45) is 5.41 Å². The summed E-state index contributed by atoms with van der Waals surface area (Å²) in [6.07, 6.45) is 5.93. The molecule has 3 aromatic heterocycles. The van der Waals surface area contributed by atoms with Gasteiger partial charge in [0.1, 0.15) is 16.7 Å². The topological polar surface area (TPSA) is 103 Å². The lowest BCUT2D eigenvalue weighted by molar-refractivity contribution is -0.141. The van der Waals surface area contributed by atoms with Crippen LogP contribution in [-0.4, -0.2) is 39.1 Å². The molecule has 3 aromatic rings. The third-order valence-electron chi connectivity index (χ3n) is 5.28. The van der Waals surface area contributed by atoms with Crippen LogP contribution in [0.1, 0.15) is 44.4 Å². The first-order chi connectivity index (χ1) is 15.2. The van der Waals surface area contributed by atoms with Gasteiger partial charge in [-0.05, 0) is 17.5 Å². The van der Waals surface area contributed by atoms with E-state index < -0.39 is 0 Å². The molecule has 0 bridgehead atoms. The molecule has 0 radical (unpaired) electrons. The SMILES string of the molecule is COC(=O)C[C@@H](Nc1cc(-c2ccco2)nc(C2=CCc3ncc(Cl)nc32)n1)C(C)(C)C. The summed E-state index contributed by atoms with van der Waals surface area (Å²) >= 11 is 6.09. The van der Waals surface area contributed by atoms with Crippen LogP contribution < -0.4 is 5.32 Å². The lowest BCUT2D eigenvalue weighted by Gasteiger charge is -2.31. The molecule has 9 heteroatoms. The molecule has 32 heavy (non-hydrogen) atoms. The molecule has 1 aliphatic rings. The van der Waals surface area contributed by atoms with Gasteiger partial charge in [0.25, 0.3) is 0 Å². The minimum Gasteiger partial charge on any atom is -0.469 e. The van der Waals surface area contributed by atoms with E-state index in [1.807, 2.05) is 12.1 Å². The molecular weight excluding hydrogens is 430 g/mol. The molecule has 3 heterocycles. The zero-order valence-electron chi connectivity index (χ0n) is 18.3. The number of methoxy groups -OCH3 is 1. The van der Waals surface area contributed by atoms with E-state index in [-0.39, 0.29) is 23.8 Å². The van der Waals surface area contributed by atoms with Gasteiger partial charge in [0.2, 0.25) is 0 Å². The quantitative estimate of drug-likeness (QED) is 0.542. The molecule has 0 unspecified atom stereocenters. The summed E-state index contributed by atoms with van der Waals surface area (Å²) in [6, 6.07) is 5.22. The number of carbonyl (C=O) groups is 1. The molecule has 0 aliphatic heterocycles. The van der Waals surface area contributed by atoms with Crippen LogP contribution in [0.4, 0.5) is 5.82 Å². The molecule has 0 fully saturated rings. The highest BCUT2D eigenvalue weighted by atomic mass is 35.5. The third-order valence-corrected chi connectivity index (χ3v) is 5.46. The number of rotatable bonds is 6. The van der Waals surface area contributed by atoms with Crippen LogP contribution in [0.5, 0.6) is 0 Å². The van der Waals surface area contributed by atoms with E-state index in [1.54, 1.807) is 18.4 Å². The molecule has 0 amide bonds. The predicted octanol–water partition coefficient (Wildman–Crippen LogP) is 4.56. The molecule has 8 nitrogen and oxygen atoms in total. The number of allylic oxidation sites excluding steroid dienone is 1. The van der Waals surface area contributed by atoms with Crippen molar-refractivity contribution in [1.29, 1.82) is 0 Å². The van der Waals surface area contributed by atoms with Crippen LogP contribution in [0.15, 0.2) is 41.2 Å². The van der Waals surface area contributed by atoms with Crippen molar-refractivity contribution in [3.05, 3.63) is 59.1 Å². The molecule has 0 spiro atoms. The van der Waals surface area contributed by atoms with Gasteiger partial charge < -0.3 is 14.5 Å². The number of hydrogen-bond acceptors (Lipinski definition) is 8. The van der Waals surface area contributed by atoms with E-state index in [0.29, 0.717) is 40.4 Å². The first-order valence-electron chi connectivity index (χ1n) is 10.2. The molecule has 0 saturated carbocycles. The normalized spacial score (nSPS) is 14.0. The second-order valence-electron chi connectivity index (χ2n) is 8.59. The van der Waals surface area contributed by atoms with Crippen LogP contribution in [0.25, 0.3) is 17.0 Å². The number of carbonyl (C=O) groups excluding carboxylic acids is 1. The number of hydrogen-bond donors (Lipinski definition) is 1. The van der Waals surface area contributed by atoms with E-state index in [2.05, 4.69) is 36.1 Å². The first-order valence-corrected chi connectivity index (χ1v) is 10.6. The van der Waals surface area contributed by atoms with Crippen LogP contribution in [0.2, 0.25) is 5.15 Å². The van der Waals surface area contributed by atoms with Crippen molar-refractivity contribution in [3.63, 3.8) is 0 Å². The van der Waals surface area contributed by atoms with Gasteiger partial charge in [0.05, 0.1) is 37.4 Å². The highest BCUT2D eigenvalue weighted by Crippen LogP contribution is 2.33. The molecule has 1 N–H and O–H groups in total. The summed E-state index contributed by atoms with van der Waals surface area (Å²) < 4.78 is 10.5. The van der Waals surface area contributed by atoms with Crippen molar-refractivity contribution < 1.29 is 13.9 Å². The first kappa shape index (κ1) is 22.0. The van der Waals surface area contributed by atoms with Crippen molar-refractivity contribution in [2.75, 3.05) is 12.4 Å². The molecule has 0 saturated heterocycles. The number of nitrogens with one attached hydrogen (secondary N) is 1. The number of aromatic nitrogens is 4. The maximum atomic E-state index is 12.0. The fourth-order valence-electron chi connectivity index (χ4n) is 3.44. The maximum absolute atomic E-state index is 12.0. The summed E-state index contributed by atoms with van der Waals surface area (Å²) in [5, 5.41) is 3.71. The Morgan fingerprint density at radius 3 is 2.81 bits per heavy atom. The van der Waals surface area contributed by atoms with Crippen LogP contribution in [0.3, 0.4) is 0 Å². The zero-order valence-corrected chi connectivity index (χ0v) is 19.1. The summed E-state index contributed by atoms with van der Waals surface area (Å²) in [5.41, 5.74) is 2.62. The summed E-state index contributed by atoms with van der Waals surface area (Å²) in [7, 11) is 1.38. The summed E-state index contributed by atoms with van der Waals surface area (Å²) in [4.78, 5) is 30.3. The summed E-state index contributed by atoms with van der Waals surface area (Å²) in [5.74, 6) is 1.35. The largest absolute Gasteiger partial charge is 0.469 e. The molecule has 166 valence electrons. The average molecular weight is 454 g/mol. The van der Waals surface area contributed by atoms with Crippen LogP contribution >= 0.6 is 11.6 Å². The smallest absolute Gasteiger partial charge is 0.307 e.